The highest BCUT2D eigenvalue weighted by molar-refractivity contribution is 14.1. The molecule has 0 aliphatic carbocycles. The van der Waals surface area contributed by atoms with E-state index in [1.165, 1.54) is 0 Å². The molecule has 8 heavy (non-hydrogen) atoms. The summed E-state index contributed by atoms with van der Waals surface area (Å²) in [6.07, 6.45) is 1.76. The van der Waals surface area contributed by atoms with Gasteiger partial charge in [0.1, 0.15) is 3.72 Å². The molecule has 0 atom stereocenters. The number of ether oxygens (including phenoxy) is 1. The molecule has 0 aromatic rings. The molecule has 43 valence electrons. The Hall–Kier alpha value is -0.260. The number of hydrogen-bond donors (Lipinski definition) is 0. The van der Waals surface area contributed by atoms with Crippen molar-refractivity contribution in [3.63, 3.8) is 0 Å². The Morgan fingerprint density at radius 1 is 1.75 bits per heavy atom. The van der Waals surface area contributed by atoms with Crippen LogP contribution in [0.1, 0.15) is 0 Å². The van der Waals surface area contributed by atoms with Gasteiger partial charge in [0.15, 0.2) is 0 Å². The first-order valence-corrected chi connectivity index (χ1v) is 3.10. The van der Waals surface area contributed by atoms with E-state index in [1.807, 2.05) is 0 Å². The summed E-state index contributed by atoms with van der Waals surface area (Å²) in [6.45, 7) is 0. The van der Waals surface area contributed by atoms with Crippen molar-refractivity contribution in [2.75, 3.05) is 7.11 Å². The van der Waals surface area contributed by atoms with Crippen LogP contribution in [0.5, 0.6) is 0 Å². The van der Waals surface area contributed by atoms with Crippen molar-refractivity contribution in [3.05, 3.63) is 12.0 Å². The summed E-state index contributed by atoms with van der Waals surface area (Å²) in [4.78, 5) is 0. The molecular formula is C4H4IN2O. The van der Waals surface area contributed by atoms with E-state index in [2.05, 4.69) is 33.1 Å². The Morgan fingerprint density at radius 2 is 2.50 bits per heavy atom. The van der Waals surface area contributed by atoms with Crippen LogP contribution >= 0.6 is 22.6 Å². The first-order valence-electron chi connectivity index (χ1n) is 2.03. The zero-order valence-corrected chi connectivity index (χ0v) is 6.42. The van der Waals surface area contributed by atoms with E-state index in [-0.39, 0.29) is 0 Å². The van der Waals surface area contributed by atoms with Gasteiger partial charge in [0.05, 0.1) is 7.11 Å². The lowest BCUT2D eigenvalue weighted by molar-refractivity contribution is 0.264. The molecule has 0 saturated carbocycles. The van der Waals surface area contributed by atoms with Gasteiger partial charge in [-0.15, -0.1) is 10.5 Å². The second-order valence-electron chi connectivity index (χ2n) is 1.21. The van der Waals surface area contributed by atoms with E-state index >= 15 is 0 Å². The summed E-state index contributed by atoms with van der Waals surface area (Å²) >= 11 is 2.07. The molecule has 1 aliphatic heterocycles. The molecule has 0 spiro atoms. The van der Waals surface area contributed by atoms with Crippen molar-refractivity contribution in [1.29, 1.82) is 0 Å². The zero-order valence-electron chi connectivity index (χ0n) is 4.26. The third-order valence-corrected chi connectivity index (χ3v) is 1.22. The summed E-state index contributed by atoms with van der Waals surface area (Å²) in [5, 5.41) is 3.70. The minimum Gasteiger partial charge on any atom is -0.480 e. The van der Waals surface area contributed by atoms with Gasteiger partial charge in [0.2, 0.25) is 5.88 Å². The molecule has 1 rings (SSSR count). The monoisotopic (exact) mass is 223 g/mol. The molecule has 0 amide bonds. The van der Waals surface area contributed by atoms with Crippen LogP contribution in [0.15, 0.2) is 17.1 Å². The smallest absolute Gasteiger partial charge is 0.235 e. The first-order chi connectivity index (χ1) is 3.83. The SMILES string of the molecule is COC1=CC(I)=N[N]1. The summed E-state index contributed by atoms with van der Waals surface area (Å²) in [6, 6.07) is 0. The van der Waals surface area contributed by atoms with Crippen molar-refractivity contribution in [1.82, 2.24) is 5.43 Å². The average molecular weight is 223 g/mol. The maximum Gasteiger partial charge on any atom is 0.235 e. The average Bonchev–Trinajstić information content (AvgIpc) is 2.14. The van der Waals surface area contributed by atoms with Crippen molar-refractivity contribution >= 4 is 26.3 Å². The number of hydrogen-bond acceptors (Lipinski definition) is 2. The van der Waals surface area contributed by atoms with Crippen LogP contribution in [0.2, 0.25) is 0 Å². The summed E-state index contributed by atoms with van der Waals surface area (Å²) in [5.74, 6) is 0.578. The van der Waals surface area contributed by atoms with Gasteiger partial charge in [-0.25, -0.2) is 0 Å². The van der Waals surface area contributed by atoms with E-state index in [1.54, 1.807) is 13.2 Å². The predicted molar refractivity (Wildman–Crippen MR) is 38.7 cm³/mol. The molecular weight excluding hydrogens is 219 g/mol. The fourth-order valence-corrected chi connectivity index (χ4v) is 0.731. The normalized spacial score (nSPS) is 16.8. The summed E-state index contributed by atoms with van der Waals surface area (Å²) in [5.41, 5.74) is 3.65. The van der Waals surface area contributed by atoms with Gasteiger partial charge < -0.3 is 4.74 Å². The molecule has 0 bridgehead atoms. The molecule has 4 heteroatoms. The third kappa shape index (κ3) is 1.12. The second-order valence-corrected chi connectivity index (χ2v) is 2.31. The van der Waals surface area contributed by atoms with Gasteiger partial charge in [-0.1, -0.05) is 0 Å². The zero-order chi connectivity index (χ0) is 5.98. The number of nitrogens with zero attached hydrogens (tertiary/aromatic N) is 2. The van der Waals surface area contributed by atoms with E-state index < -0.39 is 0 Å². The number of halogens is 1. The van der Waals surface area contributed by atoms with Crippen LogP contribution in [0, 0.1) is 0 Å². The molecule has 1 radical (unpaired) electrons. The van der Waals surface area contributed by atoms with Gasteiger partial charge in [0, 0.05) is 6.08 Å². The third-order valence-electron chi connectivity index (χ3n) is 0.696. The predicted octanol–water partition coefficient (Wildman–Crippen LogP) is 0.841. The lowest BCUT2D eigenvalue weighted by Crippen LogP contribution is -1.92. The molecule has 0 N–H and O–H groups in total. The Labute approximate surface area is 60.9 Å². The van der Waals surface area contributed by atoms with Gasteiger partial charge in [-0.3, -0.25) is 0 Å². The highest BCUT2D eigenvalue weighted by atomic mass is 127. The lowest BCUT2D eigenvalue weighted by Gasteiger charge is -1.91. The van der Waals surface area contributed by atoms with Crippen molar-refractivity contribution < 1.29 is 4.74 Å². The van der Waals surface area contributed by atoms with Gasteiger partial charge in [-0.05, 0) is 22.6 Å². The number of allylic oxidation sites excluding steroid dienone is 1. The first kappa shape index (κ1) is 5.87. The number of rotatable bonds is 1. The highest BCUT2D eigenvalue weighted by Crippen LogP contribution is 2.05. The Morgan fingerprint density at radius 3 is 2.75 bits per heavy atom. The van der Waals surface area contributed by atoms with Crippen LogP contribution in [-0.4, -0.2) is 10.8 Å². The molecule has 0 fully saturated rings. The minimum atomic E-state index is 0.578. The van der Waals surface area contributed by atoms with Crippen molar-refractivity contribution in [2.24, 2.45) is 5.10 Å². The lowest BCUT2D eigenvalue weighted by atomic mass is 10.7. The van der Waals surface area contributed by atoms with Gasteiger partial charge >= 0.3 is 0 Å². The van der Waals surface area contributed by atoms with E-state index in [0.29, 0.717) is 5.88 Å². The van der Waals surface area contributed by atoms with Crippen LogP contribution in [0.25, 0.3) is 0 Å². The quantitative estimate of drug-likeness (QED) is 0.606. The molecule has 3 nitrogen and oxygen atoms in total. The second kappa shape index (κ2) is 2.34. The van der Waals surface area contributed by atoms with Crippen LogP contribution in [0.4, 0.5) is 0 Å². The van der Waals surface area contributed by atoms with Gasteiger partial charge in [-0.2, -0.15) is 0 Å². The topological polar surface area (TPSA) is 35.7 Å². The van der Waals surface area contributed by atoms with E-state index in [4.69, 9.17) is 4.74 Å². The maximum absolute atomic E-state index is 4.76. The molecule has 0 aromatic heterocycles. The largest absolute Gasteiger partial charge is 0.480 e. The highest BCUT2D eigenvalue weighted by Gasteiger charge is 2.04. The fraction of sp³-hybridized carbons (Fsp3) is 0.250. The fourth-order valence-electron chi connectivity index (χ4n) is 0.356. The van der Waals surface area contributed by atoms with Crippen LogP contribution < -0.4 is 5.43 Å². The van der Waals surface area contributed by atoms with Crippen LogP contribution in [-0.2, 0) is 4.74 Å². The minimum absolute atomic E-state index is 0.578. The Balaban J connectivity index is 2.56. The molecule has 1 heterocycles. The molecule has 0 unspecified atom stereocenters. The summed E-state index contributed by atoms with van der Waals surface area (Å²) < 4.78 is 5.62. The Bertz CT molecular complexity index is 152. The summed E-state index contributed by atoms with van der Waals surface area (Å²) in [7, 11) is 1.57. The molecule has 0 aromatic carbocycles. The molecule has 1 aliphatic rings. The van der Waals surface area contributed by atoms with Gasteiger partial charge in [0.25, 0.3) is 0 Å². The Kier molecular flexibility index (Phi) is 1.72. The van der Waals surface area contributed by atoms with Crippen molar-refractivity contribution in [3.8, 4) is 0 Å². The van der Waals surface area contributed by atoms with Crippen molar-refractivity contribution in [2.45, 2.75) is 0 Å². The van der Waals surface area contributed by atoms with Crippen LogP contribution in [0.3, 0.4) is 0 Å². The maximum atomic E-state index is 4.76. The van der Waals surface area contributed by atoms with E-state index in [9.17, 15) is 0 Å². The van der Waals surface area contributed by atoms with E-state index in [0.717, 1.165) is 3.72 Å². The standard InChI is InChI=1S/C4H4IN2O/c1-8-4-2-3(5)6-7-4/h2H,1H3. The molecule has 0 saturated heterocycles. The number of methoxy groups -OCH3 is 1.